The van der Waals surface area contributed by atoms with Crippen LogP contribution in [0.4, 0.5) is 0 Å². The van der Waals surface area contributed by atoms with Crippen LogP contribution in [0.5, 0.6) is 0 Å². The molecule has 0 aliphatic rings. The van der Waals surface area contributed by atoms with Crippen molar-refractivity contribution in [1.82, 2.24) is 4.98 Å². The Morgan fingerprint density at radius 2 is 2.00 bits per heavy atom. The standard InChI is InChI=1S/C11H8BrNO.BrH/c12-7-11(14)9-5-6-13-10-4-2-1-3-8(9)10;/h1-6H,7H2;1H. The highest BCUT2D eigenvalue weighted by Gasteiger charge is 2.07. The third-order valence-electron chi connectivity index (χ3n) is 2.07. The fraction of sp³-hybridized carbons (Fsp3) is 0.0909. The van der Waals surface area contributed by atoms with Gasteiger partial charge in [0.05, 0.1) is 10.8 Å². The summed E-state index contributed by atoms with van der Waals surface area (Å²) < 4.78 is 0. The lowest BCUT2D eigenvalue weighted by Crippen LogP contribution is -2.01. The lowest BCUT2D eigenvalue weighted by atomic mass is 10.1. The number of carbonyl (C=O) groups is 1. The maximum Gasteiger partial charge on any atom is 0.174 e. The minimum Gasteiger partial charge on any atom is -0.293 e. The molecule has 0 spiro atoms. The number of hydrogen-bond donors (Lipinski definition) is 0. The predicted molar refractivity (Wildman–Crippen MR) is 70.2 cm³/mol. The molecule has 2 rings (SSSR count). The van der Waals surface area contributed by atoms with Crippen molar-refractivity contribution in [1.29, 1.82) is 0 Å². The number of rotatable bonds is 2. The zero-order valence-corrected chi connectivity index (χ0v) is 11.1. The van der Waals surface area contributed by atoms with Crippen LogP contribution in [0.2, 0.25) is 0 Å². The van der Waals surface area contributed by atoms with Gasteiger partial charge in [-0.05, 0) is 12.1 Å². The van der Waals surface area contributed by atoms with Gasteiger partial charge in [0.2, 0.25) is 0 Å². The largest absolute Gasteiger partial charge is 0.293 e. The number of Topliss-reactive ketones (excluding diaryl/α,β-unsaturated/α-hetero) is 1. The number of nitrogens with zero attached hydrogens (tertiary/aromatic N) is 1. The lowest BCUT2D eigenvalue weighted by Gasteiger charge is -2.02. The van der Waals surface area contributed by atoms with E-state index in [2.05, 4.69) is 20.9 Å². The molecule has 0 saturated heterocycles. The van der Waals surface area contributed by atoms with Gasteiger partial charge in [-0.15, -0.1) is 17.0 Å². The second kappa shape index (κ2) is 5.37. The summed E-state index contributed by atoms with van der Waals surface area (Å²) in [4.78, 5) is 15.7. The van der Waals surface area contributed by atoms with Crippen molar-refractivity contribution in [2.45, 2.75) is 0 Å². The Bertz CT molecular complexity index is 479. The van der Waals surface area contributed by atoms with Crippen LogP contribution in [0.1, 0.15) is 10.4 Å². The van der Waals surface area contributed by atoms with Crippen molar-refractivity contribution in [3.8, 4) is 0 Å². The molecule has 0 fully saturated rings. The lowest BCUT2D eigenvalue weighted by molar-refractivity contribution is 0.102. The van der Waals surface area contributed by atoms with Crippen LogP contribution in [0, 0.1) is 0 Å². The molecule has 0 aliphatic carbocycles. The Morgan fingerprint density at radius 1 is 1.27 bits per heavy atom. The summed E-state index contributed by atoms with van der Waals surface area (Å²) in [5.41, 5.74) is 1.59. The molecule has 0 unspecified atom stereocenters. The minimum absolute atomic E-state index is 0. The summed E-state index contributed by atoms with van der Waals surface area (Å²) in [6.45, 7) is 0. The molecule has 0 atom stereocenters. The van der Waals surface area contributed by atoms with Crippen LogP contribution in [-0.4, -0.2) is 16.1 Å². The van der Waals surface area contributed by atoms with Crippen LogP contribution < -0.4 is 0 Å². The number of fused-ring (bicyclic) bond motifs is 1. The summed E-state index contributed by atoms with van der Waals surface area (Å²) in [6.07, 6.45) is 1.66. The van der Waals surface area contributed by atoms with Gasteiger partial charge in [0, 0.05) is 17.1 Å². The molecular weight excluding hydrogens is 322 g/mol. The van der Waals surface area contributed by atoms with Gasteiger partial charge in [-0.3, -0.25) is 9.78 Å². The maximum atomic E-state index is 11.6. The Hall–Kier alpha value is -0.740. The van der Waals surface area contributed by atoms with Gasteiger partial charge < -0.3 is 0 Å². The highest BCUT2D eigenvalue weighted by Crippen LogP contribution is 2.16. The monoisotopic (exact) mass is 329 g/mol. The fourth-order valence-corrected chi connectivity index (χ4v) is 1.71. The number of hydrogen-bond acceptors (Lipinski definition) is 2. The van der Waals surface area contributed by atoms with E-state index in [9.17, 15) is 4.79 Å². The predicted octanol–water partition coefficient (Wildman–Crippen LogP) is 3.39. The van der Waals surface area contributed by atoms with Gasteiger partial charge in [0.15, 0.2) is 5.78 Å². The number of pyridine rings is 1. The van der Waals surface area contributed by atoms with E-state index in [1.54, 1.807) is 12.3 Å². The molecule has 15 heavy (non-hydrogen) atoms. The molecule has 0 amide bonds. The van der Waals surface area contributed by atoms with Crippen molar-refractivity contribution < 1.29 is 4.79 Å². The van der Waals surface area contributed by atoms with Gasteiger partial charge in [0.25, 0.3) is 0 Å². The summed E-state index contributed by atoms with van der Waals surface area (Å²) in [6, 6.07) is 9.40. The van der Waals surface area contributed by atoms with Crippen LogP contribution >= 0.6 is 32.9 Å². The number of ketones is 1. The summed E-state index contributed by atoms with van der Waals surface area (Å²) in [7, 11) is 0. The first-order chi connectivity index (χ1) is 6.83. The SMILES string of the molecule is Br.O=C(CBr)c1ccnc2ccccc12. The molecule has 1 aromatic carbocycles. The fourth-order valence-electron chi connectivity index (χ4n) is 1.41. The average Bonchev–Trinajstić information content (AvgIpc) is 2.27. The molecule has 0 saturated carbocycles. The minimum atomic E-state index is 0. The molecule has 1 heterocycles. The highest BCUT2D eigenvalue weighted by atomic mass is 79.9. The van der Waals surface area contributed by atoms with E-state index in [1.807, 2.05) is 24.3 Å². The quantitative estimate of drug-likeness (QED) is 0.624. The number of alkyl halides is 1. The first kappa shape index (κ1) is 12.3. The van der Waals surface area contributed by atoms with Crippen LogP contribution in [-0.2, 0) is 0 Å². The normalized spacial score (nSPS) is 9.67. The van der Waals surface area contributed by atoms with Crippen LogP contribution in [0.25, 0.3) is 10.9 Å². The molecule has 0 N–H and O–H groups in total. The first-order valence-corrected chi connectivity index (χ1v) is 5.38. The number of aromatic nitrogens is 1. The van der Waals surface area contributed by atoms with E-state index in [4.69, 9.17) is 0 Å². The van der Waals surface area contributed by atoms with E-state index >= 15 is 0 Å². The van der Waals surface area contributed by atoms with Gasteiger partial charge in [-0.25, -0.2) is 0 Å². The van der Waals surface area contributed by atoms with Crippen molar-refractivity contribution in [3.05, 3.63) is 42.1 Å². The molecule has 2 aromatic rings. The number of carbonyl (C=O) groups excluding carboxylic acids is 1. The van der Waals surface area contributed by atoms with E-state index in [1.165, 1.54) is 0 Å². The summed E-state index contributed by atoms with van der Waals surface area (Å²) in [5.74, 6) is 0.0867. The first-order valence-electron chi connectivity index (χ1n) is 4.26. The number of halogens is 2. The van der Waals surface area contributed by atoms with Gasteiger partial charge >= 0.3 is 0 Å². The van der Waals surface area contributed by atoms with Gasteiger partial charge in [-0.1, -0.05) is 34.1 Å². The average molecular weight is 331 g/mol. The second-order valence-corrected chi connectivity index (χ2v) is 3.49. The van der Waals surface area contributed by atoms with Gasteiger partial charge in [-0.2, -0.15) is 0 Å². The van der Waals surface area contributed by atoms with Gasteiger partial charge in [0.1, 0.15) is 0 Å². The summed E-state index contributed by atoms with van der Waals surface area (Å²) >= 11 is 3.17. The molecule has 0 aliphatic heterocycles. The van der Waals surface area contributed by atoms with Crippen LogP contribution in [0.15, 0.2) is 36.5 Å². The highest BCUT2D eigenvalue weighted by molar-refractivity contribution is 9.09. The third kappa shape index (κ3) is 2.44. The Kier molecular flexibility index (Phi) is 4.42. The molecule has 2 nitrogen and oxygen atoms in total. The second-order valence-electron chi connectivity index (χ2n) is 2.93. The van der Waals surface area contributed by atoms with E-state index in [0.717, 1.165) is 16.5 Å². The Morgan fingerprint density at radius 3 is 2.73 bits per heavy atom. The summed E-state index contributed by atoms with van der Waals surface area (Å²) in [5, 5.41) is 1.26. The van der Waals surface area contributed by atoms with E-state index < -0.39 is 0 Å². The molecule has 0 bridgehead atoms. The number of benzene rings is 1. The van der Waals surface area contributed by atoms with Crippen molar-refractivity contribution in [3.63, 3.8) is 0 Å². The molecule has 0 radical (unpaired) electrons. The van der Waals surface area contributed by atoms with Crippen molar-refractivity contribution >= 4 is 49.6 Å². The Labute approximate surface area is 107 Å². The number of para-hydroxylation sites is 1. The topological polar surface area (TPSA) is 30.0 Å². The maximum absolute atomic E-state index is 11.6. The molecule has 4 heteroatoms. The van der Waals surface area contributed by atoms with Crippen molar-refractivity contribution in [2.75, 3.05) is 5.33 Å². The molecule has 78 valence electrons. The Balaban J connectivity index is 0.00000112. The van der Waals surface area contributed by atoms with E-state index in [0.29, 0.717) is 5.33 Å². The zero-order valence-electron chi connectivity index (χ0n) is 7.81. The van der Waals surface area contributed by atoms with E-state index in [-0.39, 0.29) is 22.8 Å². The molecule has 1 aromatic heterocycles. The smallest absolute Gasteiger partial charge is 0.174 e. The third-order valence-corrected chi connectivity index (χ3v) is 2.58. The van der Waals surface area contributed by atoms with Crippen molar-refractivity contribution in [2.24, 2.45) is 0 Å². The zero-order chi connectivity index (χ0) is 9.97. The van der Waals surface area contributed by atoms with Crippen LogP contribution in [0.3, 0.4) is 0 Å². The molecular formula is C11H9Br2NO.